The largest absolute Gasteiger partial charge is 0.507 e. The molecule has 0 saturated heterocycles. The molecule has 0 aliphatic heterocycles. The maximum atomic E-state index is 15.4. The Kier molecular flexibility index (Phi) is 4.32. The van der Waals surface area contributed by atoms with Crippen LogP contribution in [0.25, 0.3) is 16.9 Å². The van der Waals surface area contributed by atoms with Gasteiger partial charge in [0, 0.05) is 24.1 Å². The van der Waals surface area contributed by atoms with E-state index < -0.39 is 11.6 Å². The number of hydrogen-bond donors (Lipinski definition) is 1. The third-order valence-corrected chi connectivity index (χ3v) is 6.60. The van der Waals surface area contributed by atoms with Gasteiger partial charge in [0.15, 0.2) is 0 Å². The van der Waals surface area contributed by atoms with Gasteiger partial charge >= 0.3 is 0 Å². The predicted octanol–water partition coefficient (Wildman–Crippen LogP) is 3.34. The molecule has 2 bridgehead atoms. The van der Waals surface area contributed by atoms with E-state index in [4.69, 9.17) is 0 Å². The van der Waals surface area contributed by atoms with Crippen molar-refractivity contribution in [1.29, 1.82) is 0 Å². The maximum Gasteiger partial charge on any atom is 0.245 e. The second-order valence-electron chi connectivity index (χ2n) is 9.15. The fraction of sp³-hybridized carbons (Fsp3) is 0.409. The van der Waals surface area contributed by atoms with Crippen molar-refractivity contribution >= 4 is 5.95 Å². The Labute approximate surface area is 179 Å². The Morgan fingerprint density at radius 1 is 1.23 bits per heavy atom. The average Bonchev–Trinajstić information content (AvgIpc) is 3.38. The lowest BCUT2D eigenvalue weighted by Crippen LogP contribution is -2.52. The highest BCUT2D eigenvalue weighted by Crippen LogP contribution is 2.55. The number of halogens is 1. The molecular weight excluding hydrogens is 397 g/mol. The topological polar surface area (TPSA) is 92.9 Å². The van der Waals surface area contributed by atoms with E-state index in [1.165, 1.54) is 0 Å². The summed E-state index contributed by atoms with van der Waals surface area (Å²) in [5.41, 5.74) is 1.13. The Morgan fingerprint density at radius 2 is 2.06 bits per heavy atom. The first-order valence-corrected chi connectivity index (χ1v) is 10.3. The van der Waals surface area contributed by atoms with E-state index in [0.717, 1.165) is 6.42 Å². The van der Waals surface area contributed by atoms with Crippen LogP contribution < -0.4 is 4.90 Å². The van der Waals surface area contributed by atoms with Crippen LogP contribution in [-0.4, -0.2) is 54.5 Å². The zero-order chi connectivity index (χ0) is 21.8. The van der Waals surface area contributed by atoms with Gasteiger partial charge in [-0.2, -0.15) is 0 Å². The van der Waals surface area contributed by atoms with Crippen LogP contribution in [0.3, 0.4) is 0 Å². The number of nitrogens with zero attached hydrogens (tertiary/aromatic N) is 7. The number of alkyl halides is 1. The Morgan fingerprint density at radius 3 is 2.74 bits per heavy atom. The van der Waals surface area contributed by atoms with Gasteiger partial charge in [-0.05, 0) is 30.4 Å². The molecule has 1 saturated carbocycles. The molecule has 4 atom stereocenters. The number of aromatic hydroxyl groups is 1. The zero-order valence-electron chi connectivity index (χ0n) is 17.6. The third kappa shape index (κ3) is 3.24. The second-order valence-corrected chi connectivity index (χ2v) is 9.15. The molecule has 2 aliphatic rings. The van der Waals surface area contributed by atoms with Crippen LogP contribution in [0.5, 0.6) is 5.75 Å². The van der Waals surface area contributed by atoms with E-state index in [0.29, 0.717) is 29.3 Å². The average molecular weight is 421 g/mol. The van der Waals surface area contributed by atoms with Crippen LogP contribution in [0.2, 0.25) is 0 Å². The normalized spacial score (nSPS) is 29.3. The summed E-state index contributed by atoms with van der Waals surface area (Å²) in [6.45, 7) is 4.16. The van der Waals surface area contributed by atoms with Gasteiger partial charge in [-0.3, -0.25) is 0 Å². The van der Waals surface area contributed by atoms with Crippen molar-refractivity contribution in [3.05, 3.63) is 48.9 Å². The molecule has 160 valence electrons. The molecule has 2 aliphatic carbocycles. The summed E-state index contributed by atoms with van der Waals surface area (Å²) in [7, 11) is 1.82. The Hall–Kier alpha value is -3.36. The highest BCUT2D eigenvalue weighted by atomic mass is 19.1. The fourth-order valence-corrected chi connectivity index (χ4v) is 4.99. The highest BCUT2D eigenvalue weighted by Gasteiger charge is 2.53. The molecule has 8 nitrogen and oxygen atoms in total. The van der Waals surface area contributed by atoms with Crippen LogP contribution in [0.4, 0.5) is 10.3 Å². The number of phenols is 1. The smallest absolute Gasteiger partial charge is 0.245 e. The lowest BCUT2D eigenvalue weighted by atomic mass is 9.66. The van der Waals surface area contributed by atoms with E-state index >= 15 is 4.39 Å². The maximum absolute atomic E-state index is 15.4. The van der Waals surface area contributed by atoms with Crippen molar-refractivity contribution in [2.45, 2.75) is 38.9 Å². The molecule has 0 amide bonds. The summed E-state index contributed by atoms with van der Waals surface area (Å²) in [6, 6.07) is 4.77. The fourth-order valence-electron chi connectivity index (χ4n) is 4.99. The molecule has 1 N–H and O–H groups in total. The van der Waals surface area contributed by atoms with Crippen LogP contribution in [0.1, 0.15) is 26.7 Å². The van der Waals surface area contributed by atoms with Gasteiger partial charge in [0.05, 0.1) is 30.3 Å². The molecule has 0 unspecified atom stereocenters. The molecule has 31 heavy (non-hydrogen) atoms. The molecule has 2 heterocycles. The van der Waals surface area contributed by atoms with Crippen LogP contribution >= 0.6 is 0 Å². The van der Waals surface area contributed by atoms with Gasteiger partial charge in [0.1, 0.15) is 17.6 Å². The summed E-state index contributed by atoms with van der Waals surface area (Å²) < 4.78 is 16.9. The van der Waals surface area contributed by atoms with E-state index in [1.54, 1.807) is 46.4 Å². The number of fused-ring (bicyclic) bond motifs is 2. The minimum atomic E-state index is -1.01. The lowest BCUT2D eigenvalue weighted by molar-refractivity contribution is 0.0544. The molecule has 1 aromatic carbocycles. The monoisotopic (exact) mass is 421 g/mol. The van der Waals surface area contributed by atoms with Crippen molar-refractivity contribution in [2.75, 3.05) is 11.9 Å². The van der Waals surface area contributed by atoms with E-state index in [1.807, 2.05) is 20.0 Å². The molecule has 0 spiro atoms. The van der Waals surface area contributed by atoms with Gasteiger partial charge in [0.2, 0.25) is 5.95 Å². The first kappa shape index (κ1) is 19.6. The van der Waals surface area contributed by atoms with Crippen molar-refractivity contribution < 1.29 is 9.50 Å². The predicted molar refractivity (Wildman–Crippen MR) is 114 cm³/mol. The van der Waals surface area contributed by atoms with Crippen molar-refractivity contribution in [3.63, 3.8) is 0 Å². The summed E-state index contributed by atoms with van der Waals surface area (Å²) >= 11 is 0. The third-order valence-electron chi connectivity index (χ3n) is 6.60. The first-order valence-electron chi connectivity index (χ1n) is 10.3. The summed E-state index contributed by atoms with van der Waals surface area (Å²) in [4.78, 5) is 6.21. The molecule has 5 rings (SSSR count). The van der Waals surface area contributed by atoms with E-state index in [9.17, 15) is 5.11 Å². The number of rotatable bonds is 4. The molecular formula is C22H24FN7O. The lowest BCUT2D eigenvalue weighted by Gasteiger charge is -2.46. The molecule has 0 radical (unpaired) electrons. The number of aromatic nitrogens is 6. The second kappa shape index (κ2) is 6.83. The van der Waals surface area contributed by atoms with Crippen LogP contribution in [0.15, 0.2) is 48.9 Å². The van der Waals surface area contributed by atoms with Crippen molar-refractivity contribution in [2.24, 2.45) is 10.8 Å². The molecule has 2 aromatic heterocycles. The van der Waals surface area contributed by atoms with Crippen LogP contribution in [-0.2, 0) is 0 Å². The summed E-state index contributed by atoms with van der Waals surface area (Å²) in [6.07, 6.45) is 9.50. The number of hydrogen-bond acceptors (Lipinski definition) is 7. The van der Waals surface area contributed by atoms with E-state index in [-0.39, 0.29) is 17.2 Å². The first-order chi connectivity index (χ1) is 14.8. The minimum absolute atomic E-state index is 0.0126. The standard InChI is InChI=1S/C22H24FN7O/c1-21-6-7-22(2,13-21)19(23)17(11-21)29(3)20-24-12-16(26-27-20)15-5-4-14(10-18(15)31)30-9-8-25-28-30/h4-10,12,17,19,31H,11,13H2,1-3H3/t17-,19+,21-,22-/m0/s1. The van der Waals surface area contributed by atoms with Gasteiger partial charge in [-0.15, -0.1) is 15.3 Å². The zero-order valence-corrected chi connectivity index (χ0v) is 17.6. The van der Waals surface area contributed by atoms with Gasteiger partial charge < -0.3 is 10.0 Å². The number of phenolic OH excluding ortho intramolecular Hbond substituents is 1. The quantitative estimate of drug-likeness (QED) is 0.646. The van der Waals surface area contributed by atoms with Crippen molar-refractivity contribution in [1.82, 2.24) is 30.2 Å². The van der Waals surface area contributed by atoms with Crippen LogP contribution in [0, 0.1) is 10.8 Å². The number of benzene rings is 1. The Balaban J connectivity index is 1.38. The Bertz CT molecular complexity index is 1130. The number of allylic oxidation sites excluding steroid dienone is 2. The van der Waals surface area contributed by atoms with E-state index in [2.05, 4.69) is 38.5 Å². The van der Waals surface area contributed by atoms with Gasteiger partial charge in [-0.25, -0.2) is 14.1 Å². The molecule has 9 heteroatoms. The number of anilines is 1. The summed E-state index contributed by atoms with van der Waals surface area (Å²) in [5.74, 6) is 0.397. The highest BCUT2D eigenvalue weighted by molar-refractivity contribution is 5.68. The van der Waals surface area contributed by atoms with Gasteiger partial charge in [0.25, 0.3) is 0 Å². The minimum Gasteiger partial charge on any atom is -0.507 e. The van der Waals surface area contributed by atoms with Gasteiger partial charge in [-0.1, -0.05) is 31.2 Å². The molecule has 3 aromatic rings. The molecule has 1 fully saturated rings. The summed E-state index contributed by atoms with van der Waals surface area (Å²) in [5, 5.41) is 26.6. The van der Waals surface area contributed by atoms with Crippen molar-refractivity contribution in [3.8, 4) is 22.7 Å². The SMILES string of the molecule is CN(c1ncc(-c2ccc(-n3ccnn3)cc2O)nn1)[C@H]1C[C@]2(C)C=C[C@@](C)(C2)[C@@H]1F.